The number of amides is 1. The Bertz CT molecular complexity index is 1250. The number of nitriles is 1. The topological polar surface area (TPSA) is 114 Å². The van der Waals surface area contributed by atoms with Crippen LogP contribution in [0.15, 0.2) is 49.1 Å². The van der Waals surface area contributed by atoms with Gasteiger partial charge in [-0.05, 0) is 30.2 Å². The molecule has 0 aliphatic carbocycles. The molecule has 0 bridgehead atoms. The highest BCUT2D eigenvalue weighted by atomic mass is 16.2. The molecule has 3 aromatic rings. The Balaban J connectivity index is 1.45. The van der Waals surface area contributed by atoms with Gasteiger partial charge in [0.25, 0.3) is 0 Å². The predicted molar refractivity (Wildman–Crippen MR) is 138 cm³/mol. The first-order valence-corrected chi connectivity index (χ1v) is 12.4. The molecular weight excluding hydrogens is 454 g/mol. The van der Waals surface area contributed by atoms with Crippen LogP contribution in [-0.2, 0) is 11.3 Å². The van der Waals surface area contributed by atoms with Gasteiger partial charge in [-0.1, -0.05) is 31.9 Å². The minimum Gasteiger partial charge on any atom is -0.356 e. The highest BCUT2D eigenvalue weighted by Gasteiger charge is 2.37. The molecule has 4 heterocycles. The van der Waals surface area contributed by atoms with Crippen molar-refractivity contribution in [2.75, 3.05) is 46.2 Å². The van der Waals surface area contributed by atoms with Gasteiger partial charge in [-0.2, -0.15) is 5.26 Å². The van der Waals surface area contributed by atoms with Gasteiger partial charge < -0.3 is 15.1 Å². The van der Waals surface area contributed by atoms with Gasteiger partial charge in [0.15, 0.2) is 11.6 Å². The first kappa shape index (κ1) is 23.5. The number of anilines is 4. The van der Waals surface area contributed by atoms with Gasteiger partial charge in [-0.3, -0.25) is 9.69 Å². The van der Waals surface area contributed by atoms with E-state index in [1.807, 2.05) is 24.3 Å². The molecular formula is C26H29N9O. The summed E-state index contributed by atoms with van der Waals surface area (Å²) in [6, 6.07) is 11.1. The van der Waals surface area contributed by atoms with Crippen molar-refractivity contribution < 1.29 is 4.79 Å². The van der Waals surface area contributed by atoms with Crippen molar-refractivity contribution in [3.8, 4) is 6.07 Å². The number of hydrogen-bond acceptors (Lipinski definition) is 9. The fraction of sp³-hybridized carbons (Fsp3) is 0.385. The molecule has 0 saturated carbocycles. The number of carbonyl (C=O) groups excluding carboxylic acids is 1. The van der Waals surface area contributed by atoms with E-state index in [1.165, 1.54) is 0 Å². The first-order chi connectivity index (χ1) is 17.7. The van der Waals surface area contributed by atoms with Gasteiger partial charge in [-0.25, -0.2) is 19.9 Å². The van der Waals surface area contributed by atoms with Crippen LogP contribution in [0.25, 0.3) is 0 Å². The molecule has 1 saturated heterocycles. The van der Waals surface area contributed by atoms with Gasteiger partial charge in [0.05, 0.1) is 18.2 Å². The van der Waals surface area contributed by atoms with Gasteiger partial charge >= 0.3 is 0 Å². The number of hydrogen-bond donors (Lipinski definition) is 1. The Morgan fingerprint density at radius 1 is 1.06 bits per heavy atom. The number of benzene rings is 1. The summed E-state index contributed by atoms with van der Waals surface area (Å²) in [5, 5.41) is 12.7. The zero-order chi connectivity index (χ0) is 24.9. The van der Waals surface area contributed by atoms with Gasteiger partial charge in [-0.15, -0.1) is 0 Å². The summed E-state index contributed by atoms with van der Waals surface area (Å²) < 4.78 is 0. The van der Waals surface area contributed by atoms with Crippen molar-refractivity contribution in [1.82, 2.24) is 19.9 Å². The van der Waals surface area contributed by atoms with E-state index in [-0.39, 0.29) is 11.9 Å². The van der Waals surface area contributed by atoms with Crippen molar-refractivity contribution in [2.24, 2.45) is 0 Å². The second kappa shape index (κ2) is 10.6. The van der Waals surface area contributed by atoms with Crippen LogP contribution in [0.5, 0.6) is 0 Å². The molecule has 0 unspecified atom stereocenters. The van der Waals surface area contributed by atoms with E-state index >= 15 is 0 Å². The Labute approximate surface area is 210 Å². The highest BCUT2D eigenvalue weighted by molar-refractivity contribution is 6.06. The summed E-state index contributed by atoms with van der Waals surface area (Å²) in [7, 11) is 0. The van der Waals surface area contributed by atoms with Crippen molar-refractivity contribution >= 4 is 29.2 Å². The molecule has 10 heteroatoms. The summed E-state index contributed by atoms with van der Waals surface area (Å²) in [6.07, 6.45) is 7.75. The molecule has 2 aliphatic heterocycles. The second-order valence-corrected chi connectivity index (χ2v) is 8.99. The van der Waals surface area contributed by atoms with Gasteiger partial charge in [0, 0.05) is 38.6 Å². The number of fused-ring (bicyclic) bond motifs is 1. The predicted octanol–water partition coefficient (Wildman–Crippen LogP) is 2.98. The van der Waals surface area contributed by atoms with Crippen LogP contribution in [0.4, 0.5) is 23.3 Å². The maximum atomic E-state index is 13.7. The molecule has 1 atom stereocenters. The van der Waals surface area contributed by atoms with Crippen LogP contribution in [0, 0.1) is 11.3 Å². The largest absolute Gasteiger partial charge is 0.356 e. The normalized spacial score (nSPS) is 17.4. The molecule has 36 heavy (non-hydrogen) atoms. The lowest BCUT2D eigenvalue weighted by molar-refractivity contribution is -0.119. The summed E-state index contributed by atoms with van der Waals surface area (Å²) >= 11 is 0. The number of nitrogens with one attached hydrogen (secondary N) is 1. The molecule has 1 amide bonds. The average Bonchev–Trinajstić information content (AvgIpc) is 2.94. The molecule has 5 rings (SSSR count). The quantitative estimate of drug-likeness (QED) is 0.542. The minimum atomic E-state index is -0.341. The second-order valence-electron chi connectivity index (χ2n) is 8.99. The molecule has 1 aromatic carbocycles. The van der Waals surface area contributed by atoms with Crippen LogP contribution in [-0.4, -0.2) is 58.1 Å². The maximum absolute atomic E-state index is 13.7. The molecule has 0 radical (unpaired) electrons. The van der Waals surface area contributed by atoms with Crippen LogP contribution >= 0.6 is 0 Å². The first-order valence-electron chi connectivity index (χ1n) is 12.4. The lowest BCUT2D eigenvalue weighted by Crippen LogP contribution is -2.50. The average molecular weight is 484 g/mol. The van der Waals surface area contributed by atoms with Gasteiger partial charge in [0.2, 0.25) is 11.9 Å². The standard InChI is InChI=1S/C26H29N9O/c1-2-3-8-21-25(36)35(17-20-7-4-6-19(15-20)16-27)22-23(32-21)30-18-31-24(22)33-11-13-34(14-12-33)26-28-9-5-10-29-26/h4-7,9-10,15,18,21H,2-3,8,11-14,17H2,1H3,(H,30,31,32)/t21-/m0/s1. The van der Waals surface area contributed by atoms with Crippen molar-refractivity contribution in [2.45, 2.75) is 38.8 Å². The molecule has 184 valence electrons. The lowest BCUT2D eigenvalue weighted by Gasteiger charge is -2.40. The molecule has 0 spiro atoms. The third-order valence-electron chi connectivity index (χ3n) is 6.61. The van der Waals surface area contributed by atoms with Crippen molar-refractivity contribution in [3.05, 3.63) is 60.2 Å². The number of aromatic nitrogens is 4. The van der Waals surface area contributed by atoms with E-state index in [2.05, 4.69) is 48.0 Å². The summed E-state index contributed by atoms with van der Waals surface area (Å²) in [5.74, 6) is 2.13. The number of unbranched alkanes of at least 4 members (excludes halogenated alkanes) is 1. The van der Waals surface area contributed by atoms with E-state index in [1.54, 1.807) is 29.7 Å². The number of carbonyl (C=O) groups is 1. The van der Waals surface area contributed by atoms with Crippen LogP contribution < -0.4 is 20.0 Å². The SMILES string of the molecule is CCCC[C@@H]1Nc2ncnc(N3CCN(c4ncccn4)CC3)c2N(Cc2cccc(C#N)c2)C1=O. The summed E-state index contributed by atoms with van der Waals surface area (Å²) in [5.41, 5.74) is 2.16. The van der Waals surface area contributed by atoms with E-state index in [0.29, 0.717) is 36.7 Å². The zero-order valence-electron chi connectivity index (χ0n) is 20.3. The monoisotopic (exact) mass is 483 g/mol. The van der Waals surface area contributed by atoms with Crippen LogP contribution in [0.2, 0.25) is 0 Å². The molecule has 1 fully saturated rings. The Hall–Kier alpha value is -4.26. The molecule has 2 aliphatic rings. The Kier molecular flexibility index (Phi) is 6.89. The Morgan fingerprint density at radius 3 is 2.58 bits per heavy atom. The van der Waals surface area contributed by atoms with Gasteiger partial charge in [0.1, 0.15) is 18.1 Å². The fourth-order valence-corrected chi connectivity index (χ4v) is 4.74. The minimum absolute atomic E-state index is 0.00526. The smallest absolute Gasteiger partial charge is 0.250 e. The fourth-order valence-electron chi connectivity index (χ4n) is 4.74. The lowest BCUT2D eigenvalue weighted by atomic mass is 10.0. The van der Waals surface area contributed by atoms with E-state index in [0.717, 1.165) is 49.7 Å². The van der Waals surface area contributed by atoms with E-state index < -0.39 is 0 Å². The van der Waals surface area contributed by atoms with Crippen molar-refractivity contribution in [3.63, 3.8) is 0 Å². The summed E-state index contributed by atoms with van der Waals surface area (Å²) in [4.78, 5) is 37.8. The van der Waals surface area contributed by atoms with Crippen molar-refractivity contribution in [1.29, 1.82) is 5.26 Å². The molecule has 2 aromatic heterocycles. The Morgan fingerprint density at radius 2 is 1.83 bits per heavy atom. The maximum Gasteiger partial charge on any atom is 0.250 e. The van der Waals surface area contributed by atoms with Crippen LogP contribution in [0.1, 0.15) is 37.3 Å². The number of nitrogens with zero attached hydrogens (tertiary/aromatic N) is 8. The number of piperazine rings is 1. The number of rotatable bonds is 7. The third-order valence-corrected chi connectivity index (χ3v) is 6.61. The molecule has 1 N–H and O–H groups in total. The molecule has 10 nitrogen and oxygen atoms in total. The zero-order valence-corrected chi connectivity index (χ0v) is 20.3. The summed E-state index contributed by atoms with van der Waals surface area (Å²) in [6.45, 7) is 5.39. The van der Waals surface area contributed by atoms with E-state index in [4.69, 9.17) is 0 Å². The highest BCUT2D eigenvalue weighted by Crippen LogP contribution is 2.39. The van der Waals surface area contributed by atoms with Crippen LogP contribution in [0.3, 0.4) is 0 Å². The third kappa shape index (κ3) is 4.77. The van der Waals surface area contributed by atoms with E-state index in [9.17, 15) is 10.1 Å².